The molecule has 1 aromatic heterocycles. The second kappa shape index (κ2) is 7.93. The zero-order valence-corrected chi connectivity index (χ0v) is 16.2. The van der Waals surface area contributed by atoms with Crippen LogP contribution in [0.1, 0.15) is 52.7 Å². The van der Waals surface area contributed by atoms with Crippen molar-refractivity contribution in [3.8, 4) is 0 Å². The zero-order valence-electron chi connectivity index (χ0n) is 16.2. The normalized spacial score (nSPS) is 14.3. The van der Waals surface area contributed by atoms with Gasteiger partial charge in [-0.05, 0) is 52.2 Å². The van der Waals surface area contributed by atoms with E-state index in [1.54, 1.807) is 4.90 Å². The first kappa shape index (κ1) is 19.3. The molecule has 1 heterocycles. The molecule has 0 bridgehead atoms. The number of nitrogens with zero attached hydrogens (tertiary/aromatic N) is 3. The minimum atomic E-state index is -0.314. The number of hydrogen-bond acceptors (Lipinski definition) is 2. The van der Waals surface area contributed by atoms with E-state index in [0.717, 1.165) is 25.0 Å². The highest BCUT2D eigenvalue weighted by Gasteiger charge is 2.34. The van der Waals surface area contributed by atoms with E-state index >= 15 is 0 Å². The summed E-state index contributed by atoms with van der Waals surface area (Å²) < 4.78 is 2.04. The number of aryl methyl sites for hydroxylation is 1. The highest BCUT2D eigenvalue weighted by Crippen LogP contribution is 2.28. The van der Waals surface area contributed by atoms with Crippen molar-refractivity contribution in [1.82, 2.24) is 19.7 Å². The summed E-state index contributed by atoms with van der Waals surface area (Å²) in [4.78, 5) is 29.0. The van der Waals surface area contributed by atoms with Gasteiger partial charge in [0.1, 0.15) is 6.54 Å². The molecule has 1 aliphatic carbocycles. The van der Waals surface area contributed by atoms with E-state index < -0.39 is 0 Å². The van der Waals surface area contributed by atoms with E-state index in [1.165, 1.54) is 0 Å². The standard InChI is InChI=1S/C19H32N4O2/c1-6-11-22(18(25)20-19(2,3)4)14-17(24)23(15-9-10-15)13-16-8-7-12-21(16)5/h7-8,12,15H,6,9-11,13-14H2,1-5H3,(H,20,25). The Kier molecular flexibility index (Phi) is 6.14. The molecule has 0 aliphatic heterocycles. The number of urea groups is 1. The molecule has 6 heteroatoms. The number of nitrogens with one attached hydrogen (secondary N) is 1. The van der Waals surface area contributed by atoms with Gasteiger partial charge < -0.3 is 19.7 Å². The van der Waals surface area contributed by atoms with Crippen LogP contribution in [0.3, 0.4) is 0 Å². The average Bonchev–Trinajstić information content (AvgIpc) is 3.25. The largest absolute Gasteiger partial charge is 0.353 e. The van der Waals surface area contributed by atoms with Crippen molar-refractivity contribution in [3.05, 3.63) is 24.0 Å². The first-order chi connectivity index (χ1) is 11.7. The van der Waals surface area contributed by atoms with E-state index in [-0.39, 0.29) is 24.0 Å². The molecule has 1 N–H and O–H groups in total. The molecule has 0 aromatic carbocycles. The lowest BCUT2D eigenvalue weighted by Gasteiger charge is -2.30. The van der Waals surface area contributed by atoms with Crippen molar-refractivity contribution in [3.63, 3.8) is 0 Å². The number of carbonyl (C=O) groups excluding carboxylic acids is 2. The van der Waals surface area contributed by atoms with Crippen molar-refractivity contribution < 1.29 is 9.59 Å². The molecule has 0 saturated heterocycles. The fraction of sp³-hybridized carbons (Fsp3) is 0.684. The summed E-state index contributed by atoms with van der Waals surface area (Å²) in [6.07, 6.45) is 4.92. The van der Waals surface area contributed by atoms with Gasteiger partial charge in [0, 0.05) is 37.1 Å². The molecule has 0 radical (unpaired) electrons. The van der Waals surface area contributed by atoms with Gasteiger partial charge in [-0.3, -0.25) is 4.79 Å². The number of carbonyl (C=O) groups is 2. The Morgan fingerprint density at radius 1 is 1.32 bits per heavy atom. The van der Waals surface area contributed by atoms with Crippen LogP contribution >= 0.6 is 0 Å². The fourth-order valence-electron chi connectivity index (χ4n) is 2.82. The van der Waals surface area contributed by atoms with Gasteiger partial charge in [-0.15, -0.1) is 0 Å². The van der Waals surface area contributed by atoms with E-state index in [1.807, 2.05) is 62.5 Å². The Hall–Kier alpha value is -1.98. The van der Waals surface area contributed by atoms with Gasteiger partial charge >= 0.3 is 6.03 Å². The SMILES string of the molecule is CCCN(CC(=O)N(Cc1cccn1C)C1CC1)C(=O)NC(C)(C)C. The Morgan fingerprint density at radius 3 is 2.48 bits per heavy atom. The predicted molar refractivity (Wildman–Crippen MR) is 99.1 cm³/mol. The van der Waals surface area contributed by atoms with Gasteiger partial charge in [0.2, 0.25) is 5.91 Å². The van der Waals surface area contributed by atoms with Gasteiger partial charge in [-0.1, -0.05) is 6.92 Å². The molecule has 25 heavy (non-hydrogen) atoms. The topological polar surface area (TPSA) is 57.6 Å². The Balaban J connectivity index is 2.04. The van der Waals surface area contributed by atoms with E-state index in [9.17, 15) is 9.59 Å². The highest BCUT2D eigenvalue weighted by atomic mass is 16.2. The summed E-state index contributed by atoms with van der Waals surface area (Å²) in [7, 11) is 1.99. The highest BCUT2D eigenvalue weighted by molar-refractivity contribution is 5.84. The predicted octanol–water partition coefficient (Wildman–Crippen LogP) is 2.74. The Bertz CT molecular complexity index is 599. The lowest BCUT2D eigenvalue weighted by atomic mass is 10.1. The Labute approximate surface area is 151 Å². The number of aromatic nitrogens is 1. The quantitative estimate of drug-likeness (QED) is 0.824. The second-order valence-electron chi connectivity index (χ2n) is 7.96. The molecule has 0 atom stereocenters. The van der Waals surface area contributed by atoms with Crippen LogP contribution in [0, 0.1) is 0 Å². The van der Waals surface area contributed by atoms with Crippen molar-refractivity contribution in [2.24, 2.45) is 7.05 Å². The third-order valence-electron chi connectivity index (χ3n) is 4.28. The molecule has 0 unspecified atom stereocenters. The summed E-state index contributed by atoms with van der Waals surface area (Å²) in [6.45, 7) is 9.18. The van der Waals surface area contributed by atoms with Crippen molar-refractivity contribution in [2.75, 3.05) is 13.1 Å². The number of amides is 3. The summed E-state index contributed by atoms with van der Waals surface area (Å²) in [5.41, 5.74) is 0.798. The minimum Gasteiger partial charge on any atom is -0.353 e. The molecule has 1 saturated carbocycles. The molecular formula is C19H32N4O2. The lowest BCUT2D eigenvalue weighted by molar-refractivity contribution is -0.133. The van der Waals surface area contributed by atoms with E-state index in [2.05, 4.69) is 5.32 Å². The number of hydrogen-bond donors (Lipinski definition) is 1. The van der Waals surface area contributed by atoms with Crippen LogP contribution in [0.2, 0.25) is 0 Å². The van der Waals surface area contributed by atoms with Gasteiger partial charge in [0.15, 0.2) is 0 Å². The van der Waals surface area contributed by atoms with Crippen LogP contribution in [0.25, 0.3) is 0 Å². The van der Waals surface area contributed by atoms with Crippen LogP contribution in [0.15, 0.2) is 18.3 Å². The van der Waals surface area contributed by atoms with Crippen molar-refractivity contribution >= 4 is 11.9 Å². The summed E-state index contributed by atoms with van der Waals surface area (Å²) in [5, 5.41) is 2.96. The fourth-order valence-corrected chi connectivity index (χ4v) is 2.82. The zero-order chi connectivity index (χ0) is 18.6. The molecule has 1 fully saturated rings. The molecule has 1 aromatic rings. The minimum absolute atomic E-state index is 0.0289. The maximum absolute atomic E-state index is 12.9. The molecule has 0 spiro atoms. The first-order valence-electron chi connectivity index (χ1n) is 9.18. The number of rotatable bonds is 7. The van der Waals surface area contributed by atoms with Crippen LogP contribution in [-0.2, 0) is 18.4 Å². The van der Waals surface area contributed by atoms with Crippen LogP contribution < -0.4 is 5.32 Å². The third-order valence-corrected chi connectivity index (χ3v) is 4.28. The Morgan fingerprint density at radius 2 is 2.00 bits per heavy atom. The first-order valence-corrected chi connectivity index (χ1v) is 9.18. The third kappa shape index (κ3) is 5.80. The van der Waals surface area contributed by atoms with E-state index in [4.69, 9.17) is 0 Å². The summed E-state index contributed by atoms with van der Waals surface area (Å²) in [6, 6.07) is 4.18. The molecule has 6 nitrogen and oxygen atoms in total. The average molecular weight is 348 g/mol. The van der Waals surface area contributed by atoms with Crippen molar-refractivity contribution in [1.29, 1.82) is 0 Å². The van der Waals surface area contributed by atoms with Crippen LogP contribution in [0.5, 0.6) is 0 Å². The van der Waals surface area contributed by atoms with Gasteiger partial charge in [0.05, 0.1) is 6.54 Å². The van der Waals surface area contributed by atoms with Gasteiger partial charge in [-0.2, -0.15) is 0 Å². The maximum atomic E-state index is 12.9. The van der Waals surface area contributed by atoms with E-state index in [0.29, 0.717) is 19.1 Å². The summed E-state index contributed by atoms with van der Waals surface area (Å²) in [5.74, 6) is 0.0289. The van der Waals surface area contributed by atoms with Crippen molar-refractivity contribution in [2.45, 2.75) is 65.1 Å². The van der Waals surface area contributed by atoms with Gasteiger partial charge in [0.25, 0.3) is 0 Å². The molecule has 1 aliphatic rings. The summed E-state index contributed by atoms with van der Waals surface area (Å²) >= 11 is 0. The van der Waals surface area contributed by atoms with Crippen LogP contribution in [-0.4, -0.2) is 51.0 Å². The van der Waals surface area contributed by atoms with Gasteiger partial charge in [-0.25, -0.2) is 4.79 Å². The molecule has 2 rings (SSSR count). The molecule has 3 amide bonds. The lowest BCUT2D eigenvalue weighted by Crippen LogP contribution is -2.52. The maximum Gasteiger partial charge on any atom is 0.318 e. The molecular weight excluding hydrogens is 316 g/mol. The second-order valence-corrected chi connectivity index (χ2v) is 7.96. The smallest absolute Gasteiger partial charge is 0.318 e. The monoisotopic (exact) mass is 348 g/mol. The molecule has 140 valence electrons. The van der Waals surface area contributed by atoms with Crippen LogP contribution in [0.4, 0.5) is 4.79 Å².